The molecule has 0 fully saturated rings. The normalized spacial score (nSPS) is 11.9. The van der Waals surface area contributed by atoms with Gasteiger partial charge in [0.1, 0.15) is 23.4 Å². The van der Waals surface area contributed by atoms with Crippen molar-refractivity contribution >= 4 is 23.2 Å². The number of carbonyl (C=O) groups excluding carboxylic acids is 2. The van der Waals surface area contributed by atoms with Gasteiger partial charge in [0.05, 0.1) is 19.4 Å². The summed E-state index contributed by atoms with van der Waals surface area (Å²) in [6.07, 6.45) is 0.431. The van der Waals surface area contributed by atoms with Crippen molar-refractivity contribution in [3.05, 3.63) is 58.9 Å². The van der Waals surface area contributed by atoms with Gasteiger partial charge >= 0.3 is 11.8 Å². The summed E-state index contributed by atoms with van der Waals surface area (Å²) >= 11 is 1.54. The third-order valence-electron chi connectivity index (χ3n) is 3.43. The minimum absolute atomic E-state index is 0.115. The summed E-state index contributed by atoms with van der Waals surface area (Å²) in [6.45, 7) is -0.0203. The zero-order chi connectivity index (χ0) is 17.6. The molecule has 0 aliphatic rings. The monoisotopic (exact) mass is 360 g/mol. The summed E-state index contributed by atoms with van der Waals surface area (Å²) in [5.74, 6) is -0.148. The highest BCUT2D eigenvalue weighted by Gasteiger charge is 2.18. The lowest BCUT2D eigenvalue weighted by atomic mass is 10.2. The Bertz CT molecular complexity index is 823. The number of aliphatic hydroxyl groups is 1. The van der Waals surface area contributed by atoms with Gasteiger partial charge in [-0.2, -0.15) is 11.3 Å². The molecule has 130 valence electrons. The van der Waals surface area contributed by atoms with Gasteiger partial charge < -0.3 is 24.6 Å². The topological polar surface area (TPSA) is 105 Å². The molecular weight excluding hydrogens is 344 g/mol. The van der Waals surface area contributed by atoms with Crippen LogP contribution in [-0.2, 0) is 16.1 Å². The van der Waals surface area contributed by atoms with Crippen molar-refractivity contribution in [2.24, 2.45) is 0 Å². The third kappa shape index (κ3) is 4.37. The van der Waals surface area contributed by atoms with E-state index in [2.05, 4.69) is 10.6 Å². The lowest BCUT2D eigenvalue weighted by Crippen LogP contribution is -2.41. The molecule has 3 heterocycles. The molecule has 0 aliphatic heterocycles. The number of hydrogen-bond donors (Lipinski definition) is 3. The van der Waals surface area contributed by atoms with Crippen molar-refractivity contribution in [2.45, 2.75) is 12.6 Å². The Morgan fingerprint density at radius 1 is 1.16 bits per heavy atom. The molecule has 3 rings (SSSR count). The Hall–Kier alpha value is -2.84. The van der Waals surface area contributed by atoms with Gasteiger partial charge in [0.25, 0.3) is 0 Å². The molecule has 0 aromatic carbocycles. The molecule has 0 bridgehead atoms. The lowest BCUT2D eigenvalue weighted by Gasteiger charge is -2.09. The summed E-state index contributed by atoms with van der Waals surface area (Å²) in [7, 11) is 0. The molecule has 0 aliphatic carbocycles. The second kappa shape index (κ2) is 7.82. The van der Waals surface area contributed by atoms with Crippen molar-refractivity contribution in [3.63, 3.8) is 0 Å². The van der Waals surface area contributed by atoms with Crippen LogP contribution in [0.5, 0.6) is 0 Å². The van der Waals surface area contributed by atoms with Crippen LogP contribution in [0.2, 0.25) is 0 Å². The summed E-state index contributed by atoms with van der Waals surface area (Å²) < 4.78 is 10.6. The molecule has 3 N–H and O–H groups in total. The minimum Gasteiger partial charge on any atom is -0.467 e. The molecule has 0 unspecified atom stereocenters. The number of thiophene rings is 1. The van der Waals surface area contributed by atoms with Gasteiger partial charge in [-0.05, 0) is 35.7 Å². The number of furan rings is 2. The molecule has 7 nitrogen and oxygen atoms in total. The molecule has 3 aromatic heterocycles. The van der Waals surface area contributed by atoms with Crippen molar-refractivity contribution < 1.29 is 23.5 Å². The summed E-state index contributed by atoms with van der Waals surface area (Å²) in [5, 5.41) is 18.7. The van der Waals surface area contributed by atoms with Gasteiger partial charge in [0.15, 0.2) is 0 Å². The number of rotatable bonds is 6. The van der Waals surface area contributed by atoms with E-state index in [1.807, 2.05) is 16.8 Å². The first-order valence-corrected chi connectivity index (χ1v) is 8.46. The highest BCUT2D eigenvalue weighted by molar-refractivity contribution is 7.08. The zero-order valence-corrected chi connectivity index (χ0v) is 13.9. The molecule has 0 saturated carbocycles. The first-order chi connectivity index (χ1) is 12.1. The van der Waals surface area contributed by atoms with Gasteiger partial charge in [-0.25, -0.2) is 0 Å². The van der Waals surface area contributed by atoms with Crippen LogP contribution >= 0.6 is 11.3 Å². The maximum absolute atomic E-state index is 11.7. The van der Waals surface area contributed by atoms with Crippen molar-refractivity contribution in [3.8, 4) is 11.3 Å². The van der Waals surface area contributed by atoms with E-state index in [1.165, 1.54) is 6.26 Å². The summed E-state index contributed by atoms with van der Waals surface area (Å²) in [4.78, 5) is 23.4. The largest absolute Gasteiger partial charge is 0.467 e. The number of nitrogens with one attached hydrogen (secondary N) is 2. The van der Waals surface area contributed by atoms with E-state index >= 15 is 0 Å². The quantitative estimate of drug-likeness (QED) is 0.584. The van der Waals surface area contributed by atoms with Gasteiger partial charge in [-0.3, -0.25) is 9.59 Å². The van der Waals surface area contributed by atoms with Gasteiger partial charge in [0.2, 0.25) is 0 Å². The SMILES string of the molecule is O=C(NCc1ccco1)C(=O)NC[C@H](O)c1ccc(-c2ccsc2)o1. The average Bonchev–Trinajstić information content (AvgIpc) is 3.37. The molecule has 3 aromatic rings. The van der Waals surface area contributed by atoms with Crippen LogP contribution in [0.15, 0.2) is 56.2 Å². The minimum atomic E-state index is -1.05. The Kier molecular flexibility index (Phi) is 5.32. The van der Waals surface area contributed by atoms with E-state index in [-0.39, 0.29) is 13.1 Å². The number of carbonyl (C=O) groups is 2. The van der Waals surface area contributed by atoms with Crippen LogP contribution in [0.3, 0.4) is 0 Å². The Balaban J connectivity index is 1.47. The predicted molar refractivity (Wildman–Crippen MR) is 90.5 cm³/mol. The standard InChI is InChI=1S/C17H16N2O5S/c20-13(15-4-3-14(24-15)11-5-7-25-10-11)9-19-17(22)16(21)18-8-12-2-1-6-23-12/h1-7,10,13,20H,8-9H2,(H,18,21)(H,19,22)/t13-/m0/s1. The van der Waals surface area contributed by atoms with E-state index in [4.69, 9.17) is 8.83 Å². The summed E-state index contributed by atoms with van der Waals surface area (Å²) in [6, 6.07) is 8.67. The van der Waals surface area contributed by atoms with Crippen LogP contribution in [0.1, 0.15) is 17.6 Å². The Labute approximate surface area is 147 Å². The molecule has 0 radical (unpaired) electrons. The van der Waals surface area contributed by atoms with E-state index in [0.717, 1.165) is 5.56 Å². The Morgan fingerprint density at radius 2 is 2.00 bits per heavy atom. The van der Waals surface area contributed by atoms with Crippen LogP contribution in [0.4, 0.5) is 0 Å². The second-order valence-corrected chi connectivity index (χ2v) is 5.98. The van der Waals surface area contributed by atoms with E-state index in [0.29, 0.717) is 17.3 Å². The van der Waals surface area contributed by atoms with Gasteiger partial charge in [0, 0.05) is 10.9 Å². The molecular formula is C17H16N2O5S. The maximum atomic E-state index is 11.7. The zero-order valence-electron chi connectivity index (χ0n) is 13.1. The van der Waals surface area contributed by atoms with Crippen molar-refractivity contribution in [2.75, 3.05) is 6.54 Å². The van der Waals surface area contributed by atoms with Crippen molar-refractivity contribution in [1.29, 1.82) is 0 Å². The predicted octanol–water partition coefficient (Wildman–Crippen LogP) is 2.07. The Morgan fingerprint density at radius 3 is 2.72 bits per heavy atom. The first-order valence-electron chi connectivity index (χ1n) is 7.52. The van der Waals surface area contributed by atoms with E-state index < -0.39 is 17.9 Å². The fourth-order valence-electron chi connectivity index (χ4n) is 2.12. The fourth-order valence-corrected chi connectivity index (χ4v) is 2.77. The molecule has 1 atom stereocenters. The smallest absolute Gasteiger partial charge is 0.309 e. The number of aliphatic hydroxyl groups excluding tert-OH is 1. The maximum Gasteiger partial charge on any atom is 0.309 e. The average molecular weight is 360 g/mol. The van der Waals surface area contributed by atoms with Crippen LogP contribution in [0, 0.1) is 0 Å². The fraction of sp³-hybridized carbons (Fsp3) is 0.176. The molecule has 0 spiro atoms. The van der Waals surface area contributed by atoms with Crippen molar-refractivity contribution in [1.82, 2.24) is 10.6 Å². The second-order valence-electron chi connectivity index (χ2n) is 5.20. The highest BCUT2D eigenvalue weighted by Crippen LogP contribution is 2.26. The van der Waals surface area contributed by atoms with Crippen LogP contribution in [0.25, 0.3) is 11.3 Å². The van der Waals surface area contributed by atoms with Crippen LogP contribution in [-0.4, -0.2) is 23.5 Å². The van der Waals surface area contributed by atoms with Gasteiger partial charge in [-0.15, -0.1) is 0 Å². The van der Waals surface area contributed by atoms with Crippen LogP contribution < -0.4 is 10.6 Å². The molecule has 8 heteroatoms. The first kappa shape index (κ1) is 17.0. The van der Waals surface area contributed by atoms with E-state index in [1.54, 1.807) is 35.6 Å². The number of amides is 2. The number of hydrogen-bond acceptors (Lipinski definition) is 6. The van der Waals surface area contributed by atoms with Gasteiger partial charge in [-0.1, -0.05) is 0 Å². The molecule has 0 saturated heterocycles. The highest BCUT2D eigenvalue weighted by atomic mass is 32.1. The van der Waals surface area contributed by atoms with E-state index in [9.17, 15) is 14.7 Å². The lowest BCUT2D eigenvalue weighted by molar-refractivity contribution is -0.139. The third-order valence-corrected chi connectivity index (χ3v) is 4.11. The molecule has 25 heavy (non-hydrogen) atoms. The molecule has 2 amide bonds. The summed E-state index contributed by atoms with van der Waals surface area (Å²) in [5.41, 5.74) is 0.921.